The molecule has 108 valence electrons. The fourth-order valence-corrected chi connectivity index (χ4v) is 2.08. The first kappa shape index (κ1) is 17.4. The smallest absolute Gasteiger partial charge is 0.224 e. The molecule has 1 amide bonds. The van der Waals surface area contributed by atoms with Crippen molar-refractivity contribution in [2.24, 2.45) is 17.6 Å². The Morgan fingerprint density at radius 1 is 1.28 bits per heavy atom. The Hall–Kier alpha value is -0.610. The molecule has 0 spiro atoms. The van der Waals surface area contributed by atoms with Crippen molar-refractivity contribution < 1.29 is 4.79 Å². The summed E-state index contributed by atoms with van der Waals surface area (Å²) in [7, 11) is 0. The number of nitrogens with one attached hydrogen (secondary N) is 1. The summed E-state index contributed by atoms with van der Waals surface area (Å²) in [5.74, 6) is 0.601. The van der Waals surface area contributed by atoms with Gasteiger partial charge in [-0.3, -0.25) is 4.79 Å². The molecule has 0 saturated carbocycles. The third kappa shape index (κ3) is 7.67. The highest BCUT2D eigenvalue weighted by molar-refractivity contribution is 5.78. The molecule has 4 heteroatoms. The molecule has 4 nitrogen and oxygen atoms in total. The number of rotatable bonds is 10. The maximum atomic E-state index is 11.9. The van der Waals surface area contributed by atoms with Crippen LogP contribution in [0.25, 0.3) is 0 Å². The van der Waals surface area contributed by atoms with E-state index in [4.69, 9.17) is 5.73 Å². The van der Waals surface area contributed by atoms with E-state index >= 15 is 0 Å². The maximum absolute atomic E-state index is 11.9. The molecule has 0 heterocycles. The van der Waals surface area contributed by atoms with E-state index in [2.05, 4.69) is 37.9 Å². The van der Waals surface area contributed by atoms with Gasteiger partial charge >= 0.3 is 0 Å². The van der Waals surface area contributed by atoms with E-state index in [9.17, 15) is 4.79 Å². The summed E-state index contributed by atoms with van der Waals surface area (Å²) in [4.78, 5) is 14.3. The molecule has 0 fully saturated rings. The van der Waals surface area contributed by atoms with Crippen LogP contribution in [0, 0.1) is 11.8 Å². The minimum Gasteiger partial charge on any atom is -0.356 e. The molecule has 0 saturated heterocycles. The van der Waals surface area contributed by atoms with Crippen LogP contribution < -0.4 is 11.1 Å². The van der Waals surface area contributed by atoms with E-state index in [1.54, 1.807) is 0 Å². The second-order valence-electron chi connectivity index (χ2n) is 5.23. The summed E-state index contributed by atoms with van der Waals surface area (Å²) in [5, 5.41) is 3.00. The molecule has 0 aromatic heterocycles. The van der Waals surface area contributed by atoms with Gasteiger partial charge < -0.3 is 16.0 Å². The van der Waals surface area contributed by atoms with Crippen LogP contribution in [0.15, 0.2) is 0 Å². The van der Waals surface area contributed by atoms with Crippen molar-refractivity contribution in [3.8, 4) is 0 Å². The number of carbonyl (C=O) groups excluding carboxylic acids is 1. The van der Waals surface area contributed by atoms with Gasteiger partial charge in [-0.15, -0.1) is 0 Å². The number of carbonyl (C=O) groups is 1. The molecule has 0 aliphatic rings. The van der Waals surface area contributed by atoms with E-state index in [1.807, 2.05) is 0 Å². The molecule has 0 aromatic rings. The van der Waals surface area contributed by atoms with E-state index < -0.39 is 0 Å². The highest BCUT2D eigenvalue weighted by Crippen LogP contribution is 2.10. The Bertz CT molecular complexity index is 215. The van der Waals surface area contributed by atoms with Crippen molar-refractivity contribution in [3.05, 3.63) is 0 Å². The summed E-state index contributed by atoms with van der Waals surface area (Å²) >= 11 is 0. The lowest BCUT2D eigenvalue weighted by atomic mass is 9.96. The van der Waals surface area contributed by atoms with Gasteiger partial charge in [0.05, 0.1) is 5.92 Å². The van der Waals surface area contributed by atoms with Crippen molar-refractivity contribution in [2.75, 3.05) is 32.7 Å². The topological polar surface area (TPSA) is 58.4 Å². The molecule has 3 N–H and O–H groups in total. The van der Waals surface area contributed by atoms with Crippen LogP contribution in [0.4, 0.5) is 0 Å². The fourth-order valence-electron chi connectivity index (χ4n) is 2.08. The molecule has 18 heavy (non-hydrogen) atoms. The van der Waals surface area contributed by atoms with Crippen LogP contribution in [-0.4, -0.2) is 43.5 Å². The van der Waals surface area contributed by atoms with Gasteiger partial charge in [-0.1, -0.05) is 27.7 Å². The zero-order valence-electron chi connectivity index (χ0n) is 12.5. The van der Waals surface area contributed by atoms with Crippen molar-refractivity contribution in [3.63, 3.8) is 0 Å². The van der Waals surface area contributed by atoms with Crippen LogP contribution in [0.1, 0.15) is 40.5 Å². The standard InChI is InChI=1S/C14H31N3O/c1-5-17(6-2)9-7-8-16-14(18)13(11-15)10-12(3)4/h12-13H,5-11,15H2,1-4H3,(H,16,18). The first-order valence-electron chi connectivity index (χ1n) is 7.25. The SMILES string of the molecule is CCN(CC)CCCNC(=O)C(CN)CC(C)C. The Morgan fingerprint density at radius 2 is 1.89 bits per heavy atom. The number of amides is 1. The van der Waals surface area contributed by atoms with Gasteiger partial charge in [0.2, 0.25) is 5.91 Å². The van der Waals surface area contributed by atoms with Crippen LogP contribution in [0.2, 0.25) is 0 Å². The minimum atomic E-state index is -0.0292. The van der Waals surface area contributed by atoms with Gasteiger partial charge in [0.1, 0.15) is 0 Å². The summed E-state index contributed by atoms with van der Waals surface area (Å²) < 4.78 is 0. The molecule has 1 atom stereocenters. The maximum Gasteiger partial charge on any atom is 0.224 e. The van der Waals surface area contributed by atoms with E-state index in [1.165, 1.54) is 0 Å². The van der Waals surface area contributed by atoms with Crippen molar-refractivity contribution in [1.82, 2.24) is 10.2 Å². The van der Waals surface area contributed by atoms with Crippen LogP contribution in [-0.2, 0) is 4.79 Å². The molecule has 1 unspecified atom stereocenters. The highest BCUT2D eigenvalue weighted by Gasteiger charge is 2.17. The lowest BCUT2D eigenvalue weighted by molar-refractivity contribution is -0.125. The first-order chi connectivity index (χ1) is 8.54. The molecule has 0 aliphatic carbocycles. The number of nitrogens with zero attached hydrogens (tertiary/aromatic N) is 1. The zero-order chi connectivity index (χ0) is 14.0. The van der Waals surface area contributed by atoms with E-state index in [-0.39, 0.29) is 11.8 Å². The molecule has 0 radical (unpaired) electrons. The van der Waals surface area contributed by atoms with Gasteiger partial charge in [-0.25, -0.2) is 0 Å². The zero-order valence-corrected chi connectivity index (χ0v) is 12.5. The first-order valence-corrected chi connectivity index (χ1v) is 7.25. The predicted molar refractivity (Wildman–Crippen MR) is 77.4 cm³/mol. The molecular formula is C14H31N3O. The Kier molecular flexibility index (Phi) is 9.98. The summed E-state index contributed by atoms with van der Waals surface area (Å²) in [6.07, 6.45) is 1.88. The Balaban J connectivity index is 3.80. The molecule has 0 bridgehead atoms. The van der Waals surface area contributed by atoms with Crippen molar-refractivity contribution >= 4 is 5.91 Å². The van der Waals surface area contributed by atoms with Crippen molar-refractivity contribution in [2.45, 2.75) is 40.5 Å². The number of hydrogen-bond acceptors (Lipinski definition) is 3. The van der Waals surface area contributed by atoms with E-state index in [0.29, 0.717) is 12.5 Å². The number of nitrogens with two attached hydrogens (primary N) is 1. The van der Waals surface area contributed by atoms with E-state index in [0.717, 1.165) is 39.0 Å². The van der Waals surface area contributed by atoms with Crippen LogP contribution in [0.3, 0.4) is 0 Å². The van der Waals surface area contributed by atoms with Gasteiger partial charge in [0, 0.05) is 13.1 Å². The van der Waals surface area contributed by atoms with Crippen molar-refractivity contribution in [1.29, 1.82) is 0 Å². The molecule has 0 rings (SSSR count). The Labute approximate surface area is 112 Å². The summed E-state index contributed by atoms with van der Waals surface area (Å²) in [6, 6.07) is 0. The van der Waals surface area contributed by atoms with Gasteiger partial charge in [0.15, 0.2) is 0 Å². The average molecular weight is 257 g/mol. The highest BCUT2D eigenvalue weighted by atomic mass is 16.1. The fraction of sp³-hybridized carbons (Fsp3) is 0.929. The summed E-state index contributed by atoms with van der Waals surface area (Å²) in [6.45, 7) is 13.0. The normalized spacial score (nSPS) is 13.1. The van der Waals surface area contributed by atoms with Crippen LogP contribution in [0.5, 0.6) is 0 Å². The second-order valence-corrected chi connectivity index (χ2v) is 5.23. The second kappa shape index (κ2) is 10.3. The third-order valence-corrected chi connectivity index (χ3v) is 3.26. The predicted octanol–water partition coefficient (Wildman–Crippen LogP) is 1.46. The minimum absolute atomic E-state index is 0.0292. The third-order valence-electron chi connectivity index (χ3n) is 3.26. The lowest BCUT2D eigenvalue weighted by Gasteiger charge is -2.19. The Morgan fingerprint density at radius 3 is 2.33 bits per heavy atom. The van der Waals surface area contributed by atoms with Gasteiger partial charge in [-0.05, 0) is 38.4 Å². The summed E-state index contributed by atoms with van der Waals surface area (Å²) in [5.41, 5.74) is 5.65. The quantitative estimate of drug-likeness (QED) is 0.583. The monoisotopic (exact) mass is 257 g/mol. The van der Waals surface area contributed by atoms with Gasteiger partial charge in [-0.2, -0.15) is 0 Å². The molecular weight excluding hydrogens is 226 g/mol. The van der Waals surface area contributed by atoms with Crippen LogP contribution >= 0.6 is 0 Å². The average Bonchev–Trinajstić information content (AvgIpc) is 2.35. The van der Waals surface area contributed by atoms with Gasteiger partial charge in [0.25, 0.3) is 0 Å². The lowest BCUT2D eigenvalue weighted by Crippen LogP contribution is -2.37. The number of hydrogen-bond donors (Lipinski definition) is 2. The molecule has 0 aliphatic heterocycles. The largest absolute Gasteiger partial charge is 0.356 e. The molecule has 0 aromatic carbocycles.